The maximum atomic E-state index is 11.5. The zero-order valence-electron chi connectivity index (χ0n) is 16.4. The number of nitrogens with zero attached hydrogens (tertiary/aromatic N) is 6. The zero-order chi connectivity index (χ0) is 21.8. The average molecular weight is 421 g/mol. The van der Waals surface area contributed by atoms with Crippen molar-refractivity contribution in [1.82, 2.24) is 15.0 Å². The van der Waals surface area contributed by atoms with Crippen molar-refractivity contribution in [2.24, 2.45) is 0 Å². The number of carboxylic acid groups (broad SMARTS) is 1. The van der Waals surface area contributed by atoms with E-state index in [1.165, 1.54) is 18.3 Å². The normalized spacial score (nSPS) is 13.7. The number of hydrogen-bond donors (Lipinski definition) is 2. The van der Waals surface area contributed by atoms with Crippen molar-refractivity contribution in [3.8, 4) is 0 Å². The molecule has 0 atom stereocenters. The highest BCUT2D eigenvalue weighted by atomic mass is 16.6. The summed E-state index contributed by atoms with van der Waals surface area (Å²) in [6.07, 6.45) is 2.92. The second kappa shape index (κ2) is 8.61. The highest BCUT2D eigenvalue weighted by molar-refractivity contribution is 5.88. The molecule has 0 saturated carbocycles. The van der Waals surface area contributed by atoms with Crippen molar-refractivity contribution >= 4 is 34.9 Å². The number of pyridine rings is 1. The fraction of sp³-hybridized carbons (Fsp3) is 0.200. The minimum absolute atomic E-state index is 0.154. The molecule has 0 radical (unpaired) electrons. The molecule has 3 heterocycles. The minimum Gasteiger partial charge on any atom is -0.478 e. The van der Waals surface area contributed by atoms with Gasteiger partial charge < -0.3 is 20.2 Å². The van der Waals surface area contributed by atoms with Crippen molar-refractivity contribution in [1.29, 1.82) is 0 Å². The summed E-state index contributed by atoms with van der Waals surface area (Å²) in [5, 5.41) is 23.5. The molecule has 4 rings (SSSR count). The largest absolute Gasteiger partial charge is 0.478 e. The van der Waals surface area contributed by atoms with E-state index in [0.717, 1.165) is 5.82 Å². The molecule has 0 unspecified atom stereocenters. The Morgan fingerprint density at radius 3 is 2.35 bits per heavy atom. The van der Waals surface area contributed by atoms with Crippen LogP contribution in [-0.2, 0) is 0 Å². The number of rotatable bonds is 6. The summed E-state index contributed by atoms with van der Waals surface area (Å²) in [6, 6.07) is 11.8. The molecule has 1 aliphatic rings. The molecule has 0 spiro atoms. The Hall–Kier alpha value is -4.28. The van der Waals surface area contributed by atoms with Crippen molar-refractivity contribution in [3.63, 3.8) is 0 Å². The number of piperazine rings is 1. The zero-order valence-corrected chi connectivity index (χ0v) is 16.4. The Morgan fingerprint density at radius 2 is 1.74 bits per heavy atom. The number of nitro groups is 1. The van der Waals surface area contributed by atoms with Crippen molar-refractivity contribution in [2.45, 2.75) is 0 Å². The smallest absolute Gasteiger partial charge is 0.335 e. The molecule has 0 bridgehead atoms. The summed E-state index contributed by atoms with van der Waals surface area (Å²) < 4.78 is 0. The average Bonchev–Trinajstić information content (AvgIpc) is 2.80. The number of anilines is 4. The first-order valence-electron chi connectivity index (χ1n) is 9.54. The third kappa shape index (κ3) is 4.50. The fourth-order valence-corrected chi connectivity index (χ4v) is 3.30. The first-order chi connectivity index (χ1) is 15.0. The van der Waals surface area contributed by atoms with E-state index >= 15 is 0 Å². The van der Waals surface area contributed by atoms with Crippen LogP contribution in [-0.4, -0.2) is 57.1 Å². The van der Waals surface area contributed by atoms with Gasteiger partial charge >= 0.3 is 11.7 Å². The lowest BCUT2D eigenvalue weighted by Crippen LogP contribution is -2.47. The third-order valence-corrected chi connectivity index (χ3v) is 4.89. The van der Waals surface area contributed by atoms with Crippen LogP contribution in [0.25, 0.3) is 0 Å². The Kier molecular flexibility index (Phi) is 5.56. The molecular weight excluding hydrogens is 402 g/mol. The van der Waals surface area contributed by atoms with Gasteiger partial charge in [0.05, 0.1) is 10.5 Å². The molecular formula is C20H19N7O4. The Bertz CT molecular complexity index is 1080. The van der Waals surface area contributed by atoms with E-state index < -0.39 is 10.9 Å². The molecule has 158 valence electrons. The molecule has 31 heavy (non-hydrogen) atoms. The molecule has 2 aromatic heterocycles. The summed E-state index contributed by atoms with van der Waals surface area (Å²) in [5.41, 5.74) is 0.560. The summed E-state index contributed by atoms with van der Waals surface area (Å²) in [4.78, 5) is 38.8. The number of benzene rings is 1. The molecule has 11 heteroatoms. The Labute approximate surface area is 177 Å². The SMILES string of the molecule is O=C(O)c1ccc(Nc2ncc([N+](=O)[O-])c(N3CCN(c4ccccn4)CC3)n2)cc1. The predicted molar refractivity (Wildman–Crippen MR) is 114 cm³/mol. The monoisotopic (exact) mass is 421 g/mol. The summed E-state index contributed by atoms with van der Waals surface area (Å²) >= 11 is 0. The molecule has 0 amide bonds. The maximum Gasteiger partial charge on any atom is 0.335 e. The summed E-state index contributed by atoms with van der Waals surface area (Å²) in [5.74, 6) is 0.276. The lowest BCUT2D eigenvalue weighted by molar-refractivity contribution is -0.384. The van der Waals surface area contributed by atoms with Gasteiger partial charge in [-0.15, -0.1) is 0 Å². The highest BCUT2D eigenvalue weighted by Crippen LogP contribution is 2.28. The van der Waals surface area contributed by atoms with Crippen LogP contribution in [0.3, 0.4) is 0 Å². The van der Waals surface area contributed by atoms with E-state index in [1.54, 1.807) is 18.3 Å². The van der Waals surface area contributed by atoms with Crippen molar-refractivity contribution < 1.29 is 14.8 Å². The van der Waals surface area contributed by atoms with Crippen LogP contribution < -0.4 is 15.1 Å². The van der Waals surface area contributed by atoms with Gasteiger partial charge in [0.1, 0.15) is 12.0 Å². The number of aromatic nitrogens is 3. The van der Waals surface area contributed by atoms with E-state index in [2.05, 4.69) is 25.2 Å². The standard InChI is InChI=1S/C20H19N7O4/c28-19(29)14-4-6-15(7-5-14)23-20-22-13-16(27(30)31)18(24-20)26-11-9-25(10-12-26)17-3-1-2-8-21-17/h1-8,13H,9-12H2,(H,28,29)(H,22,23,24). The first kappa shape index (κ1) is 20.0. The highest BCUT2D eigenvalue weighted by Gasteiger charge is 2.26. The van der Waals surface area contributed by atoms with Crippen LogP contribution in [0.15, 0.2) is 54.9 Å². The van der Waals surface area contributed by atoms with E-state index in [0.29, 0.717) is 31.9 Å². The number of aromatic carboxylic acids is 1. The van der Waals surface area contributed by atoms with Gasteiger partial charge in [0.25, 0.3) is 0 Å². The van der Waals surface area contributed by atoms with Gasteiger partial charge in [-0.2, -0.15) is 4.98 Å². The Balaban J connectivity index is 1.52. The topological polar surface area (TPSA) is 138 Å². The molecule has 3 aromatic rings. The predicted octanol–water partition coefficient (Wildman–Crippen LogP) is 2.55. The van der Waals surface area contributed by atoms with Crippen LogP contribution in [0.5, 0.6) is 0 Å². The number of hydrogen-bond acceptors (Lipinski definition) is 9. The number of carbonyl (C=O) groups is 1. The minimum atomic E-state index is -1.02. The van der Waals surface area contributed by atoms with Crippen molar-refractivity contribution in [2.75, 3.05) is 41.3 Å². The van der Waals surface area contributed by atoms with Gasteiger partial charge in [0.2, 0.25) is 11.8 Å². The lowest BCUT2D eigenvalue weighted by atomic mass is 10.2. The van der Waals surface area contributed by atoms with Crippen LogP contribution in [0.1, 0.15) is 10.4 Å². The van der Waals surface area contributed by atoms with Crippen LogP contribution >= 0.6 is 0 Å². The number of nitrogens with one attached hydrogen (secondary N) is 1. The van der Waals surface area contributed by atoms with Gasteiger partial charge in [-0.3, -0.25) is 10.1 Å². The molecule has 11 nitrogen and oxygen atoms in total. The van der Waals surface area contributed by atoms with Crippen LogP contribution in [0.4, 0.5) is 29.0 Å². The number of carboxylic acids is 1. The van der Waals surface area contributed by atoms with E-state index in [9.17, 15) is 14.9 Å². The second-order valence-corrected chi connectivity index (χ2v) is 6.83. The second-order valence-electron chi connectivity index (χ2n) is 6.83. The van der Waals surface area contributed by atoms with Gasteiger partial charge in [-0.05, 0) is 36.4 Å². The quantitative estimate of drug-likeness (QED) is 0.451. The van der Waals surface area contributed by atoms with Gasteiger partial charge in [0, 0.05) is 38.1 Å². The van der Waals surface area contributed by atoms with Crippen molar-refractivity contribution in [3.05, 3.63) is 70.5 Å². The molecule has 1 saturated heterocycles. The van der Waals surface area contributed by atoms with Gasteiger partial charge in [-0.25, -0.2) is 14.8 Å². The van der Waals surface area contributed by atoms with E-state index in [-0.39, 0.29) is 23.0 Å². The molecule has 1 aromatic carbocycles. The molecule has 0 aliphatic carbocycles. The molecule has 1 aliphatic heterocycles. The summed E-state index contributed by atoms with van der Waals surface area (Å²) in [6.45, 7) is 2.39. The van der Waals surface area contributed by atoms with Gasteiger partial charge in [0.15, 0.2) is 0 Å². The van der Waals surface area contributed by atoms with Crippen LogP contribution in [0.2, 0.25) is 0 Å². The maximum absolute atomic E-state index is 11.5. The third-order valence-electron chi connectivity index (χ3n) is 4.89. The fourth-order valence-electron chi connectivity index (χ4n) is 3.30. The Morgan fingerprint density at radius 1 is 1.03 bits per heavy atom. The van der Waals surface area contributed by atoms with E-state index in [4.69, 9.17) is 5.11 Å². The lowest BCUT2D eigenvalue weighted by Gasteiger charge is -2.35. The van der Waals surface area contributed by atoms with E-state index in [1.807, 2.05) is 23.1 Å². The first-order valence-corrected chi connectivity index (χ1v) is 9.54. The molecule has 2 N–H and O–H groups in total. The van der Waals surface area contributed by atoms with Gasteiger partial charge in [-0.1, -0.05) is 6.07 Å². The molecule has 1 fully saturated rings. The summed E-state index contributed by atoms with van der Waals surface area (Å²) in [7, 11) is 0. The van der Waals surface area contributed by atoms with Crippen LogP contribution in [0, 0.1) is 10.1 Å².